The van der Waals surface area contributed by atoms with Gasteiger partial charge in [0, 0.05) is 42.9 Å². The molecule has 4 nitrogen and oxygen atoms in total. The van der Waals surface area contributed by atoms with Crippen LogP contribution in [0.15, 0.2) is 91.0 Å². The summed E-state index contributed by atoms with van der Waals surface area (Å²) >= 11 is 0. The molecule has 55 heavy (non-hydrogen) atoms. The van der Waals surface area contributed by atoms with Gasteiger partial charge in [0.25, 0.3) is 0 Å². The topological polar surface area (TPSA) is 68.3 Å². The smallest absolute Gasteiger partial charge is 0.205 e. The van der Waals surface area contributed by atoms with E-state index in [2.05, 4.69) is 91.4 Å². The molecule has 0 radical (unpaired) electrons. The summed E-state index contributed by atoms with van der Waals surface area (Å²) in [5.41, 5.74) is 6.99. The summed E-state index contributed by atoms with van der Waals surface area (Å²) in [5.74, 6) is 2.68. The fraction of sp³-hybridized carbons (Fsp3) is 0.490. The molecule has 2 fully saturated rings. The van der Waals surface area contributed by atoms with E-state index in [0.717, 1.165) is 68.9 Å². The zero-order valence-electron chi connectivity index (χ0n) is 33.8. The fourth-order valence-electron chi connectivity index (χ4n) is 9.26. The summed E-state index contributed by atoms with van der Waals surface area (Å²) < 4.78 is 0. The van der Waals surface area contributed by atoms with E-state index < -0.39 is 0 Å². The predicted molar refractivity (Wildman–Crippen MR) is 224 cm³/mol. The number of Topliss-reactive ketones (excluding diaryl/α,β-unsaturated/α-hetero) is 4. The molecule has 0 aromatic heterocycles. The van der Waals surface area contributed by atoms with Gasteiger partial charge in [0.15, 0.2) is 0 Å². The second-order valence-corrected chi connectivity index (χ2v) is 17.6. The van der Waals surface area contributed by atoms with Gasteiger partial charge >= 0.3 is 0 Å². The van der Waals surface area contributed by atoms with Crippen LogP contribution in [0.1, 0.15) is 138 Å². The van der Waals surface area contributed by atoms with Gasteiger partial charge in [0.05, 0.1) is 0 Å². The van der Waals surface area contributed by atoms with E-state index in [4.69, 9.17) is 6.42 Å². The van der Waals surface area contributed by atoms with Gasteiger partial charge < -0.3 is 0 Å². The molecule has 2 aliphatic carbocycles. The Balaban J connectivity index is 1.13. The second-order valence-electron chi connectivity index (χ2n) is 17.6. The first-order chi connectivity index (χ1) is 26.3. The Morgan fingerprint density at radius 3 is 2.05 bits per heavy atom. The number of benzene rings is 3. The molecule has 0 amide bonds. The molecule has 0 bridgehead atoms. The molecular formula is C51H62O4. The first kappa shape index (κ1) is 41.8. The van der Waals surface area contributed by atoms with Crippen LogP contribution in [0.25, 0.3) is 0 Å². The van der Waals surface area contributed by atoms with Crippen LogP contribution in [-0.2, 0) is 38.4 Å². The van der Waals surface area contributed by atoms with E-state index in [1.165, 1.54) is 22.3 Å². The van der Waals surface area contributed by atoms with Crippen molar-refractivity contribution >= 4 is 23.1 Å². The molecule has 0 saturated heterocycles. The lowest BCUT2D eigenvalue weighted by Crippen LogP contribution is -2.32. The van der Waals surface area contributed by atoms with Gasteiger partial charge in [-0.05, 0) is 115 Å². The highest BCUT2D eigenvalue weighted by molar-refractivity contribution is 5.95. The molecule has 3 aromatic carbocycles. The van der Waals surface area contributed by atoms with Crippen LogP contribution in [0, 0.1) is 41.4 Å². The Morgan fingerprint density at radius 2 is 1.44 bits per heavy atom. The standard InChI is InChI=1S/C51H62O4/c1-7-44(52)30-31-47(51(4,5)6)49(54)34-43-16-12-18-46(43)48(53)32-26-38-21-19-37(20-22-38)23-29-42(41-14-9-8-10-15-41)33-39-24-27-40(28-25-39)36(3)50(55)45-17-11-13-35(45)2/h1,8-10,14-15,19-22,24-25,27-28,36,42-43,45-47H,2,11-13,16-18,23,26,29-34H2,3-6H3/t36?,42?,43?,45-,46-,47-/m1/s1. The normalized spacial score (nSPS) is 20.1. The van der Waals surface area contributed by atoms with E-state index in [9.17, 15) is 19.2 Å². The third kappa shape index (κ3) is 11.6. The van der Waals surface area contributed by atoms with Crippen molar-refractivity contribution in [2.75, 3.05) is 0 Å². The Bertz CT molecular complexity index is 1820. The molecule has 0 spiro atoms. The minimum absolute atomic E-state index is 0.0140. The zero-order chi connectivity index (χ0) is 39.5. The summed E-state index contributed by atoms with van der Waals surface area (Å²) in [7, 11) is 0. The predicted octanol–water partition coefficient (Wildman–Crippen LogP) is 11.2. The number of allylic oxidation sites excluding steroid dienone is 1. The maximum absolute atomic E-state index is 13.5. The summed E-state index contributed by atoms with van der Waals surface area (Å²) in [5, 5.41) is 0. The Morgan fingerprint density at radius 1 is 0.782 bits per heavy atom. The van der Waals surface area contributed by atoms with Crippen LogP contribution in [0.3, 0.4) is 0 Å². The van der Waals surface area contributed by atoms with E-state index >= 15 is 0 Å². The molecule has 0 aliphatic heterocycles. The summed E-state index contributed by atoms with van der Waals surface area (Å²) in [6.07, 6.45) is 16.2. The number of hydrogen-bond donors (Lipinski definition) is 0. The maximum Gasteiger partial charge on any atom is 0.205 e. The number of aryl methyl sites for hydroxylation is 2. The molecule has 2 saturated carbocycles. The number of ketones is 4. The van der Waals surface area contributed by atoms with Crippen molar-refractivity contribution in [3.63, 3.8) is 0 Å². The highest BCUT2D eigenvalue weighted by Gasteiger charge is 2.38. The third-order valence-electron chi connectivity index (χ3n) is 12.7. The fourth-order valence-corrected chi connectivity index (χ4v) is 9.26. The van der Waals surface area contributed by atoms with Crippen molar-refractivity contribution in [1.82, 2.24) is 0 Å². The molecule has 2 aliphatic rings. The third-order valence-corrected chi connectivity index (χ3v) is 12.7. The number of hydrogen-bond acceptors (Lipinski definition) is 4. The van der Waals surface area contributed by atoms with Crippen LogP contribution in [0.5, 0.6) is 0 Å². The van der Waals surface area contributed by atoms with Crippen LogP contribution < -0.4 is 0 Å². The number of carbonyl (C=O) groups is 4. The second kappa shape index (κ2) is 19.5. The average molecular weight is 739 g/mol. The molecule has 4 heteroatoms. The van der Waals surface area contributed by atoms with Gasteiger partial charge in [-0.1, -0.05) is 125 Å². The minimum atomic E-state index is -0.266. The number of carbonyl (C=O) groups excluding carboxylic acids is 4. The Kier molecular flexibility index (Phi) is 14.8. The van der Waals surface area contributed by atoms with Gasteiger partial charge in [-0.25, -0.2) is 0 Å². The van der Waals surface area contributed by atoms with Gasteiger partial charge in [-0.2, -0.15) is 0 Å². The van der Waals surface area contributed by atoms with E-state index in [-0.39, 0.29) is 58.8 Å². The first-order valence-corrected chi connectivity index (χ1v) is 20.8. The van der Waals surface area contributed by atoms with Crippen molar-refractivity contribution in [2.45, 2.75) is 129 Å². The molecule has 5 rings (SSSR count). The average Bonchev–Trinajstić information content (AvgIpc) is 3.84. The molecule has 3 aromatic rings. The molecular weight excluding hydrogens is 677 g/mol. The highest BCUT2D eigenvalue weighted by Crippen LogP contribution is 2.40. The number of rotatable bonds is 19. The Labute approximate surface area is 331 Å². The molecule has 0 N–H and O–H groups in total. The molecule has 3 unspecified atom stereocenters. The first-order valence-electron chi connectivity index (χ1n) is 20.8. The Hall–Kier alpha value is -4.36. The maximum atomic E-state index is 13.5. The summed E-state index contributed by atoms with van der Waals surface area (Å²) in [4.78, 5) is 52.0. The largest absolute Gasteiger partial charge is 0.299 e. The van der Waals surface area contributed by atoms with Crippen molar-refractivity contribution < 1.29 is 19.2 Å². The van der Waals surface area contributed by atoms with E-state index in [1.807, 2.05) is 27.7 Å². The minimum Gasteiger partial charge on any atom is -0.299 e. The van der Waals surface area contributed by atoms with E-state index in [1.54, 1.807) is 0 Å². The van der Waals surface area contributed by atoms with Crippen molar-refractivity contribution in [3.8, 4) is 12.3 Å². The quantitative estimate of drug-likeness (QED) is 0.0698. The van der Waals surface area contributed by atoms with Crippen molar-refractivity contribution in [1.29, 1.82) is 0 Å². The molecule has 6 atom stereocenters. The summed E-state index contributed by atoms with van der Waals surface area (Å²) in [6.45, 7) is 12.3. The monoisotopic (exact) mass is 738 g/mol. The molecule has 290 valence electrons. The van der Waals surface area contributed by atoms with E-state index in [0.29, 0.717) is 37.4 Å². The number of terminal acetylenes is 1. The van der Waals surface area contributed by atoms with Crippen molar-refractivity contribution in [3.05, 3.63) is 119 Å². The van der Waals surface area contributed by atoms with Crippen molar-refractivity contribution in [2.24, 2.45) is 29.1 Å². The van der Waals surface area contributed by atoms with Crippen LogP contribution in [-0.4, -0.2) is 23.1 Å². The SMILES string of the molecule is C#CC(=O)CC[C@H](C(=O)CC1CCC[C@H]1C(=O)CCc1ccc(CCC(Cc2ccc(C(C)C(=O)[C@@H]3CCCC3=C)cc2)c2ccccc2)cc1)C(C)(C)C. The van der Waals surface area contributed by atoms with Crippen LogP contribution >= 0.6 is 0 Å². The van der Waals surface area contributed by atoms with Gasteiger partial charge in [0.1, 0.15) is 17.3 Å². The van der Waals surface area contributed by atoms with Crippen LogP contribution in [0.2, 0.25) is 0 Å². The molecule has 0 heterocycles. The lowest BCUT2D eigenvalue weighted by molar-refractivity contribution is -0.129. The zero-order valence-corrected chi connectivity index (χ0v) is 33.8. The lowest BCUT2D eigenvalue weighted by atomic mass is 9.72. The van der Waals surface area contributed by atoms with Gasteiger partial charge in [-0.3, -0.25) is 19.2 Å². The summed E-state index contributed by atoms with van der Waals surface area (Å²) in [6, 6.07) is 28.2. The van der Waals surface area contributed by atoms with Gasteiger partial charge in [0.2, 0.25) is 5.78 Å². The van der Waals surface area contributed by atoms with Crippen LogP contribution in [0.4, 0.5) is 0 Å². The lowest BCUT2D eigenvalue weighted by Gasteiger charge is -2.31. The van der Waals surface area contributed by atoms with Gasteiger partial charge in [-0.15, -0.1) is 6.42 Å². The highest BCUT2D eigenvalue weighted by atomic mass is 16.1.